The summed E-state index contributed by atoms with van der Waals surface area (Å²) in [6.07, 6.45) is 0. The molecule has 0 aliphatic carbocycles. The molecule has 0 aromatic heterocycles. The highest BCUT2D eigenvalue weighted by Crippen LogP contribution is 2.35. The summed E-state index contributed by atoms with van der Waals surface area (Å²) < 4.78 is 15.4. The van der Waals surface area contributed by atoms with Crippen LogP contribution in [0, 0.1) is 62.3 Å². The third-order valence-electron chi connectivity index (χ3n) is 7.79. The smallest absolute Gasteiger partial charge is 0.391 e. The molecule has 1 heterocycles. The standard InChI is InChI=1S/C33H38O2Si2/c1-21-10-13-30(25(5)16-21)36(31-14-11-22(2)17-26(31)6)34-37(35-36,32-15-12-23(3)18-27(32)7)33-28(8)19-24(4)20-29(33)9/h10-20H,1-9H3. The molecule has 0 spiro atoms. The lowest BCUT2D eigenvalue weighted by Crippen LogP contribution is -2.89. The van der Waals surface area contributed by atoms with Gasteiger partial charge in [0.2, 0.25) is 0 Å². The molecule has 0 saturated carbocycles. The Bertz CT molecular complexity index is 1450. The van der Waals surface area contributed by atoms with Crippen LogP contribution in [-0.2, 0) is 8.23 Å². The number of hydrogen-bond donors (Lipinski definition) is 0. The number of rotatable bonds is 4. The predicted molar refractivity (Wildman–Crippen MR) is 161 cm³/mol. The minimum absolute atomic E-state index is 1.22. The zero-order chi connectivity index (χ0) is 26.7. The Morgan fingerprint density at radius 3 is 1.05 bits per heavy atom. The maximum Gasteiger partial charge on any atom is 0.391 e. The first-order valence-corrected chi connectivity index (χ1v) is 16.8. The molecular weight excluding hydrogens is 485 g/mol. The number of hydrogen-bond acceptors (Lipinski definition) is 2. The largest absolute Gasteiger partial charge is 0.402 e. The van der Waals surface area contributed by atoms with Gasteiger partial charge in [0, 0.05) is 20.7 Å². The van der Waals surface area contributed by atoms with E-state index in [9.17, 15) is 0 Å². The molecule has 0 amide bonds. The lowest BCUT2D eigenvalue weighted by molar-refractivity contribution is 0.266. The van der Waals surface area contributed by atoms with Crippen LogP contribution >= 0.6 is 0 Å². The molecule has 0 atom stereocenters. The summed E-state index contributed by atoms with van der Waals surface area (Å²) >= 11 is 0. The fraction of sp³-hybridized carbons (Fsp3) is 0.273. The molecule has 37 heavy (non-hydrogen) atoms. The highest BCUT2D eigenvalue weighted by Gasteiger charge is 2.68. The molecule has 0 unspecified atom stereocenters. The molecule has 0 bridgehead atoms. The first-order chi connectivity index (χ1) is 17.5. The summed E-state index contributed by atoms with van der Waals surface area (Å²) in [6.45, 7) is 19.7. The zero-order valence-corrected chi connectivity index (χ0v) is 25.7. The average molecular weight is 523 g/mol. The van der Waals surface area contributed by atoms with Gasteiger partial charge in [-0.2, -0.15) is 0 Å². The van der Waals surface area contributed by atoms with Crippen LogP contribution in [0.25, 0.3) is 0 Å². The van der Waals surface area contributed by atoms with E-state index in [1.54, 1.807) is 0 Å². The van der Waals surface area contributed by atoms with Crippen molar-refractivity contribution in [3.8, 4) is 0 Å². The lowest BCUT2D eigenvalue weighted by atomic mass is 10.1. The maximum absolute atomic E-state index is 7.68. The van der Waals surface area contributed by atoms with E-state index in [4.69, 9.17) is 8.23 Å². The predicted octanol–water partition coefficient (Wildman–Crippen LogP) is 5.32. The van der Waals surface area contributed by atoms with Crippen LogP contribution < -0.4 is 20.7 Å². The van der Waals surface area contributed by atoms with E-state index in [0.29, 0.717) is 0 Å². The monoisotopic (exact) mass is 522 g/mol. The summed E-state index contributed by atoms with van der Waals surface area (Å²) in [5.41, 5.74) is 11.3. The Balaban J connectivity index is 1.81. The average Bonchev–Trinajstić information content (AvgIpc) is 2.76. The van der Waals surface area contributed by atoms with Crippen molar-refractivity contribution in [2.75, 3.05) is 0 Å². The summed E-state index contributed by atoms with van der Waals surface area (Å²) in [5, 5.41) is 4.94. The second-order valence-corrected chi connectivity index (χ2v) is 17.4. The lowest BCUT2D eigenvalue weighted by Gasteiger charge is -2.55. The van der Waals surface area contributed by atoms with Crippen molar-refractivity contribution in [3.63, 3.8) is 0 Å². The van der Waals surface area contributed by atoms with E-state index in [1.807, 2.05) is 0 Å². The van der Waals surface area contributed by atoms with E-state index >= 15 is 0 Å². The van der Waals surface area contributed by atoms with Gasteiger partial charge >= 0.3 is 17.1 Å². The van der Waals surface area contributed by atoms with E-state index in [0.717, 1.165) is 0 Å². The molecule has 0 N–H and O–H groups in total. The van der Waals surface area contributed by atoms with Crippen molar-refractivity contribution in [1.82, 2.24) is 0 Å². The first kappa shape index (κ1) is 25.9. The van der Waals surface area contributed by atoms with Crippen molar-refractivity contribution in [1.29, 1.82) is 0 Å². The summed E-state index contributed by atoms with van der Waals surface area (Å²) in [4.78, 5) is 0. The Morgan fingerprint density at radius 2 is 0.703 bits per heavy atom. The molecule has 2 nitrogen and oxygen atoms in total. The van der Waals surface area contributed by atoms with Crippen molar-refractivity contribution in [3.05, 3.63) is 117 Å². The zero-order valence-electron chi connectivity index (χ0n) is 23.7. The van der Waals surface area contributed by atoms with Gasteiger partial charge < -0.3 is 8.23 Å². The maximum atomic E-state index is 7.68. The topological polar surface area (TPSA) is 18.5 Å². The molecule has 1 aliphatic rings. The van der Waals surface area contributed by atoms with Gasteiger partial charge in [-0.1, -0.05) is 89.0 Å². The summed E-state index contributed by atoms with van der Waals surface area (Å²) in [6, 6.07) is 24.7. The van der Waals surface area contributed by atoms with Gasteiger partial charge in [0.05, 0.1) is 0 Å². The Kier molecular flexibility index (Phi) is 6.44. The molecule has 0 radical (unpaired) electrons. The molecular formula is C33H38O2Si2. The quantitative estimate of drug-likeness (QED) is 0.338. The normalized spacial score (nSPS) is 15.9. The van der Waals surface area contributed by atoms with Crippen LogP contribution in [0.1, 0.15) is 50.1 Å². The Labute approximate surface area is 224 Å². The van der Waals surface area contributed by atoms with Crippen LogP contribution in [0.5, 0.6) is 0 Å². The fourth-order valence-electron chi connectivity index (χ4n) is 6.37. The van der Waals surface area contributed by atoms with Gasteiger partial charge in [0.1, 0.15) is 0 Å². The molecule has 1 fully saturated rings. The Hall–Kier alpha value is -2.77. The molecule has 4 heteroatoms. The number of benzene rings is 4. The van der Waals surface area contributed by atoms with Crippen molar-refractivity contribution in [2.45, 2.75) is 62.3 Å². The highest BCUT2D eigenvalue weighted by atomic mass is 28.5. The second-order valence-electron chi connectivity index (χ2n) is 11.2. The summed E-state index contributed by atoms with van der Waals surface area (Å²) in [7, 11) is -5.95. The number of aryl methyl sites for hydroxylation is 9. The van der Waals surface area contributed by atoms with Gasteiger partial charge in [0.25, 0.3) is 0 Å². The third kappa shape index (κ3) is 4.16. The molecule has 1 saturated heterocycles. The van der Waals surface area contributed by atoms with Gasteiger partial charge in [-0.25, -0.2) is 0 Å². The molecule has 5 rings (SSSR count). The fourth-order valence-corrected chi connectivity index (χ4v) is 17.6. The van der Waals surface area contributed by atoms with Gasteiger partial charge in [-0.15, -0.1) is 0 Å². The first-order valence-electron chi connectivity index (χ1n) is 13.2. The van der Waals surface area contributed by atoms with E-state index in [2.05, 4.69) is 129 Å². The van der Waals surface area contributed by atoms with Gasteiger partial charge in [0.15, 0.2) is 0 Å². The van der Waals surface area contributed by atoms with Gasteiger partial charge in [-0.3, -0.25) is 0 Å². The highest BCUT2D eigenvalue weighted by molar-refractivity contribution is 7.16. The second kappa shape index (κ2) is 9.21. The van der Waals surface area contributed by atoms with Crippen molar-refractivity contribution in [2.24, 2.45) is 0 Å². The van der Waals surface area contributed by atoms with E-state index in [1.165, 1.54) is 70.8 Å². The van der Waals surface area contributed by atoms with Crippen molar-refractivity contribution >= 4 is 37.9 Å². The van der Waals surface area contributed by atoms with Crippen LogP contribution in [0.3, 0.4) is 0 Å². The van der Waals surface area contributed by atoms with E-state index in [-0.39, 0.29) is 0 Å². The molecule has 190 valence electrons. The minimum atomic E-state index is -2.99. The Morgan fingerprint density at radius 1 is 0.378 bits per heavy atom. The molecule has 4 aromatic carbocycles. The van der Waals surface area contributed by atoms with Crippen LogP contribution in [-0.4, -0.2) is 17.1 Å². The molecule has 4 aromatic rings. The SMILES string of the molecule is Cc1ccc([Si]2(c3ccc(C)cc3C)O[Si](c3ccc(C)cc3C)(c3c(C)cc(C)cc3C)O2)c(C)c1. The third-order valence-corrected chi connectivity index (χ3v) is 17.6. The van der Waals surface area contributed by atoms with Crippen molar-refractivity contribution < 1.29 is 8.23 Å². The van der Waals surface area contributed by atoms with E-state index < -0.39 is 17.1 Å². The molecule has 1 aliphatic heterocycles. The van der Waals surface area contributed by atoms with Gasteiger partial charge in [-0.05, 0) is 90.1 Å². The summed E-state index contributed by atoms with van der Waals surface area (Å²) in [5.74, 6) is 0. The minimum Gasteiger partial charge on any atom is -0.402 e. The van der Waals surface area contributed by atoms with Crippen LogP contribution in [0.15, 0.2) is 66.7 Å². The van der Waals surface area contributed by atoms with Crippen LogP contribution in [0.2, 0.25) is 0 Å². The van der Waals surface area contributed by atoms with Crippen LogP contribution in [0.4, 0.5) is 0 Å².